The largest absolute Gasteiger partial charge is 0.363 e. The van der Waals surface area contributed by atoms with E-state index in [1.165, 1.54) is 24.0 Å². The lowest BCUT2D eigenvalue weighted by molar-refractivity contribution is -0.00700. The summed E-state index contributed by atoms with van der Waals surface area (Å²) in [5.41, 5.74) is 2.88. The van der Waals surface area contributed by atoms with Gasteiger partial charge in [0.15, 0.2) is 0 Å². The van der Waals surface area contributed by atoms with Crippen molar-refractivity contribution in [2.75, 3.05) is 0 Å². The molecule has 2 atom stereocenters. The molecule has 1 aromatic rings. The summed E-state index contributed by atoms with van der Waals surface area (Å²) in [6, 6.07) is 8.61. The highest BCUT2D eigenvalue weighted by Gasteiger charge is 2.46. The third-order valence-electron chi connectivity index (χ3n) is 3.16. The van der Waals surface area contributed by atoms with Crippen LogP contribution in [0.1, 0.15) is 37.0 Å². The molecule has 2 aliphatic rings. The van der Waals surface area contributed by atoms with Gasteiger partial charge >= 0.3 is 0 Å². The number of ether oxygens (including phenoxy) is 1. The predicted octanol–water partition coefficient (Wildman–Crippen LogP) is 2.77. The van der Waals surface area contributed by atoms with Gasteiger partial charge in [0.05, 0.1) is 11.7 Å². The molecule has 0 aliphatic carbocycles. The van der Waals surface area contributed by atoms with Crippen molar-refractivity contribution in [2.45, 2.75) is 31.5 Å². The number of hydrogen-bond donors (Lipinski definition) is 0. The van der Waals surface area contributed by atoms with Gasteiger partial charge in [-0.15, -0.1) is 0 Å². The van der Waals surface area contributed by atoms with E-state index in [2.05, 4.69) is 31.2 Å². The lowest BCUT2D eigenvalue weighted by atomic mass is 9.84. The molecule has 0 N–H and O–H groups in total. The van der Waals surface area contributed by atoms with Crippen LogP contribution in [0.5, 0.6) is 0 Å². The summed E-state index contributed by atoms with van der Waals surface area (Å²) in [7, 11) is 0. The molecule has 0 aromatic heterocycles. The van der Waals surface area contributed by atoms with E-state index in [-0.39, 0.29) is 5.60 Å². The maximum absolute atomic E-state index is 5.93. The van der Waals surface area contributed by atoms with E-state index in [1.54, 1.807) is 0 Å². The smallest absolute Gasteiger partial charge is 0.0916 e. The molecular weight excluding hydrogens is 148 g/mol. The summed E-state index contributed by atoms with van der Waals surface area (Å²) >= 11 is 0. The minimum Gasteiger partial charge on any atom is -0.363 e. The van der Waals surface area contributed by atoms with Gasteiger partial charge in [0.2, 0.25) is 0 Å². The monoisotopic (exact) mass is 160 g/mol. The van der Waals surface area contributed by atoms with Crippen molar-refractivity contribution in [3.63, 3.8) is 0 Å². The number of rotatable bonds is 0. The van der Waals surface area contributed by atoms with Gasteiger partial charge in [-0.05, 0) is 30.9 Å². The van der Waals surface area contributed by atoms with Gasteiger partial charge in [0, 0.05) is 0 Å². The summed E-state index contributed by atoms with van der Waals surface area (Å²) < 4.78 is 5.93. The first kappa shape index (κ1) is 6.67. The summed E-state index contributed by atoms with van der Waals surface area (Å²) in [4.78, 5) is 0. The Morgan fingerprint density at radius 1 is 1.42 bits per heavy atom. The van der Waals surface area contributed by atoms with Crippen LogP contribution in [0.25, 0.3) is 0 Å². The van der Waals surface area contributed by atoms with E-state index in [9.17, 15) is 0 Å². The first-order valence-corrected chi connectivity index (χ1v) is 4.57. The van der Waals surface area contributed by atoms with Gasteiger partial charge in [0.25, 0.3) is 0 Å². The van der Waals surface area contributed by atoms with Gasteiger partial charge in [-0.25, -0.2) is 0 Å². The van der Waals surface area contributed by atoms with Crippen LogP contribution in [0.2, 0.25) is 0 Å². The fraction of sp³-hybridized carbons (Fsp3) is 0.455. The molecular formula is C11H12O. The molecule has 1 heteroatoms. The Bertz CT molecular complexity index is 332. The maximum atomic E-state index is 5.93. The van der Waals surface area contributed by atoms with Crippen LogP contribution < -0.4 is 0 Å². The Labute approximate surface area is 72.4 Å². The Morgan fingerprint density at radius 3 is 3.08 bits per heavy atom. The van der Waals surface area contributed by atoms with Crippen molar-refractivity contribution >= 4 is 0 Å². The van der Waals surface area contributed by atoms with Crippen molar-refractivity contribution in [3.05, 3.63) is 35.4 Å². The van der Waals surface area contributed by atoms with Crippen LogP contribution in [-0.2, 0) is 10.3 Å². The highest BCUT2D eigenvalue weighted by Crippen LogP contribution is 2.54. The molecule has 1 nitrogen and oxygen atoms in total. The fourth-order valence-electron chi connectivity index (χ4n) is 2.51. The molecule has 0 amide bonds. The second-order valence-corrected chi connectivity index (χ2v) is 3.96. The second-order valence-electron chi connectivity index (χ2n) is 3.96. The molecule has 2 bridgehead atoms. The predicted molar refractivity (Wildman–Crippen MR) is 46.9 cm³/mol. The van der Waals surface area contributed by atoms with E-state index in [0.29, 0.717) is 6.10 Å². The van der Waals surface area contributed by atoms with Crippen LogP contribution in [0.15, 0.2) is 24.3 Å². The molecule has 62 valence electrons. The highest BCUT2D eigenvalue weighted by molar-refractivity contribution is 5.39. The van der Waals surface area contributed by atoms with Gasteiger partial charge in [0.1, 0.15) is 0 Å². The van der Waals surface area contributed by atoms with E-state index in [0.717, 1.165) is 0 Å². The third-order valence-corrected chi connectivity index (χ3v) is 3.16. The molecule has 0 radical (unpaired) electrons. The fourth-order valence-corrected chi connectivity index (χ4v) is 2.51. The normalized spacial score (nSPS) is 36.9. The van der Waals surface area contributed by atoms with Crippen LogP contribution in [0, 0.1) is 0 Å². The van der Waals surface area contributed by atoms with Gasteiger partial charge < -0.3 is 4.74 Å². The lowest BCUT2D eigenvalue weighted by Crippen LogP contribution is -2.16. The summed E-state index contributed by atoms with van der Waals surface area (Å²) in [5.74, 6) is 0. The average molecular weight is 160 g/mol. The molecule has 2 heterocycles. The molecule has 1 saturated heterocycles. The van der Waals surface area contributed by atoms with Crippen molar-refractivity contribution in [1.29, 1.82) is 0 Å². The zero-order chi connectivity index (χ0) is 8.18. The summed E-state index contributed by atoms with van der Waals surface area (Å²) in [6.45, 7) is 2.21. The molecule has 1 aromatic carbocycles. The second kappa shape index (κ2) is 1.91. The highest BCUT2D eigenvalue weighted by atomic mass is 16.5. The molecule has 2 unspecified atom stereocenters. The molecule has 0 spiro atoms. The van der Waals surface area contributed by atoms with E-state index >= 15 is 0 Å². The van der Waals surface area contributed by atoms with Gasteiger partial charge in [-0.3, -0.25) is 0 Å². The maximum Gasteiger partial charge on any atom is 0.0916 e. The van der Waals surface area contributed by atoms with Gasteiger partial charge in [-0.2, -0.15) is 0 Å². The SMILES string of the molecule is CC12CCC(O1)c1ccccc12. The molecule has 2 aliphatic heterocycles. The molecule has 12 heavy (non-hydrogen) atoms. The topological polar surface area (TPSA) is 9.23 Å². The quantitative estimate of drug-likeness (QED) is 0.567. The van der Waals surface area contributed by atoms with Crippen LogP contribution >= 0.6 is 0 Å². The average Bonchev–Trinajstić information content (AvgIpc) is 2.60. The lowest BCUT2D eigenvalue weighted by Gasteiger charge is -2.20. The first-order valence-electron chi connectivity index (χ1n) is 4.57. The number of hydrogen-bond acceptors (Lipinski definition) is 1. The molecule has 3 rings (SSSR count). The van der Waals surface area contributed by atoms with E-state index in [4.69, 9.17) is 4.74 Å². The third kappa shape index (κ3) is 0.632. The summed E-state index contributed by atoms with van der Waals surface area (Å²) in [6.07, 6.45) is 2.79. The Morgan fingerprint density at radius 2 is 2.25 bits per heavy atom. The van der Waals surface area contributed by atoms with E-state index < -0.39 is 0 Å². The van der Waals surface area contributed by atoms with Crippen LogP contribution in [0.4, 0.5) is 0 Å². The minimum atomic E-state index is 0.0429. The van der Waals surface area contributed by atoms with Gasteiger partial charge in [-0.1, -0.05) is 24.3 Å². The van der Waals surface area contributed by atoms with Crippen molar-refractivity contribution in [2.24, 2.45) is 0 Å². The first-order chi connectivity index (χ1) is 5.80. The van der Waals surface area contributed by atoms with E-state index in [1.807, 2.05) is 0 Å². The van der Waals surface area contributed by atoms with Crippen molar-refractivity contribution in [3.8, 4) is 0 Å². The van der Waals surface area contributed by atoms with Crippen molar-refractivity contribution in [1.82, 2.24) is 0 Å². The summed E-state index contributed by atoms with van der Waals surface area (Å²) in [5, 5.41) is 0. The minimum absolute atomic E-state index is 0.0429. The van der Waals surface area contributed by atoms with Crippen LogP contribution in [-0.4, -0.2) is 0 Å². The standard InChI is InChI=1S/C11H12O/c1-11-7-6-10(12-11)8-4-2-3-5-9(8)11/h2-5,10H,6-7H2,1H3. The van der Waals surface area contributed by atoms with Crippen molar-refractivity contribution < 1.29 is 4.74 Å². The zero-order valence-corrected chi connectivity index (χ0v) is 7.21. The Balaban J connectivity index is 2.27. The Hall–Kier alpha value is -0.820. The Kier molecular flexibility index (Phi) is 1.06. The zero-order valence-electron chi connectivity index (χ0n) is 7.21. The number of fused-ring (bicyclic) bond motifs is 5. The number of benzene rings is 1. The molecule has 1 fully saturated rings. The van der Waals surface area contributed by atoms with Crippen LogP contribution in [0.3, 0.4) is 0 Å². The molecule has 0 saturated carbocycles.